The van der Waals surface area contributed by atoms with E-state index in [-0.39, 0.29) is 33.9 Å². The molecule has 182 valence electrons. The van der Waals surface area contributed by atoms with Crippen LogP contribution in [0.15, 0.2) is 40.1 Å². The Morgan fingerprint density at radius 3 is 2.37 bits per heavy atom. The summed E-state index contributed by atoms with van der Waals surface area (Å²) in [6.45, 7) is 3.26. The Morgan fingerprint density at radius 1 is 1.06 bits per heavy atom. The topological polar surface area (TPSA) is 153 Å². The van der Waals surface area contributed by atoms with E-state index in [9.17, 15) is 29.3 Å². The van der Waals surface area contributed by atoms with Crippen LogP contribution in [0.2, 0.25) is 0 Å². The minimum Gasteiger partial charge on any atom is -0.362 e. The average Bonchev–Trinajstić information content (AvgIpc) is 2.85. The smallest absolute Gasteiger partial charge is 0.332 e. The maximum Gasteiger partial charge on any atom is 0.332 e. The summed E-state index contributed by atoms with van der Waals surface area (Å²) in [5.41, 5.74) is -0.526. The van der Waals surface area contributed by atoms with Crippen LogP contribution in [0.1, 0.15) is 17.3 Å². The fourth-order valence-electron chi connectivity index (χ4n) is 4.08. The van der Waals surface area contributed by atoms with Gasteiger partial charge in [0.1, 0.15) is 11.3 Å². The summed E-state index contributed by atoms with van der Waals surface area (Å²) in [6, 6.07) is 5.59. The van der Waals surface area contributed by atoms with Crippen molar-refractivity contribution in [1.29, 1.82) is 0 Å². The molecular formula is C22H23N7O6. The molecule has 35 heavy (non-hydrogen) atoms. The number of nitro benzene ring substituents is 1. The molecule has 1 fully saturated rings. The number of carbonyl (C=O) groups is 2. The number of carbonyl (C=O) groups excluding carboxylic acids is 2. The summed E-state index contributed by atoms with van der Waals surface area (Å²) >= 11 is 0. The molecule has 0 unspecified atom stereocenters. The first kappa shape index (κ1) is 23.6. The van der Waals surface area contributed by atoms with Gasteiger partial charge in [0.05, 0.1) is 22.2 Å². The number of hydrogen-bond acceptors (Lipinski definition) is 8. The third-order valence-corrected chi connectivity index (χ3v) is 6.05. The molecule has 2 amide bonds. The molecule has 1 aliphatic heterocycles. The van der Waals surface area contributed by atoms with E-state index in [0.29, 0.717) is 31.9 Å². The van der Waals surface area contributed by atoms with Crippen molar-refractivity contribution in [3.63, 3.8) is 0 Å². The van der Waals surface area contributed by atoms with E-state index in [1.54, 1.807) is 4.90 Å². The van der Waals surface area contributed by atoms with Crippen LogP contribution >= 0.6 is 0 Å². The Labute approximate surface area is 198 Å². The number of nitrogens with one attached hydrogen (secondary N) is 1. The molecule has 2 aromatic heterocycles. The molecule has 0 aliphatic carbocycles. The minimum absolute atomic E-state index is 0.0468. The first-order valence-corrected chi connectivity index (χ1v) is 10.7. The van der Waals surface area contributed by atoms with Crippen LogP contribution in [0.4, 0.5) is 17.1 Å². The summed E-state index contributed by atoms with van der Waals surface area (Å²) in [7, 11) is 2.83. The highest BCUT2D eigenvalue weighted by Gasteiger charge is 2.26. The van der Waals surface area contributed by atoms with Crippen LogP contribution in [-0.2, 0) is 18.9 Å². The number of piperazine rings is 1. The third-order valence-electron chi connectivity index (χ3n) is 6.05. The molecular weight excluding hydrogens is 458 g/mol. The van der Waals surface area contributed by atoms with Gasteiger partial charge in [0.2, 0.25) is 5.91 Å². The fourth-order valence-corrected chi connectivity index (χ4v) is 4.08. The van der Waals surface area contributed by atoms with Crippen molar-refractivity contribution in [1.82, 2.24) is 19.0 Å². The lowest BCUT2D eigenvalue weighted by molar-refractivity contribution is -0.384. The van der Waals surface area contributed by atoms with E-state index in [1.807, 2.05) is 4.90 Å². The highest BCUT2D eigenvalue weighted by atomic mass is 16.6. The monoisotopic (exact) mass is 481 g/mol. The predicted molar refractivity (Wildman–Crippen MR) is 128 cm³/mol. The number of hydrogen-bond donors (Lipinski definition) is 1. The van der Waals surface area contributed by atoms with E-state index in [2.05, 4.69) is 10.3 Å². The fraction of sp³-hybridized carbons (Fsp3) is 0.318. The van der Waals surface area contributed by atoms with E-state index < -0.39 is 22.1 Å². The zero-order valence-corrected chi connectivity index (χ0v) is 19.3. The van der Waals surface area contributed by atoms with Gasteiger partial charge in [-0.1, -0.05) is 0 Å². The standard InChI is InChI=1S/C22H23N7O6/c1-13(30)27-6-8-28(9-7-27)17-5-4-14(10-18(17)29(34)35)20(31)24-15-11-16-19(23-12-15)25(2)22(33)26(3)21(16)32/h4-5,10-12H,6-9H2,1-3H3,(H,24,31). The first-order chi connectivity index (χ1) is 16.6. The molecule has 0 bridgehead atoms. The molecule has 0 saturated carbocycles. The SMILES string of the molecule is CC(=O)N1CCN(c2ccc(C(=O)Nc3cnc4c(c3)c(=O)n(C)c(=O)n4C)cc2[N+](=O)[O-])CC1. The molecule has 0 radical (unpaired) electrons. The second-order valence-electron chi connectivity index (χ2n) is 8.21. The molecule has 13 nitrogen and oxygen atoms in total. The number of aryl methyl sites for hydroxylation is 1. The highest BCUT2D eigenvalue weighted by molar-refractivity contribution is 6.05. The first-order valence-electron chi connectivity index (χ1n) is 10.7. The molecule has 1 saturated heterocycles. The van der Waals surface area contributed by atoms with E-state index in [0.717, 1.165) is 4.57 Å². The van der Waals surface area contributed by atoms with Crippen LogP contribution in [0.3, 0.4) is 0 Å². The number of pyridine rings is 1. The Balaban J connectivity index is 1.60. The molecule has 1 N–H and O–H groups in total. The number of aromatic nitrogens is 3. The van der Waals surface area contributed by atoms with Gasteiger partial charge >= 0.3 is 5.69 Å². The van der Waals surface area contributed by atoms with E-state index >= 15 is 0 Å². The van der Waals surface area contributed by atoms with Crippen molar-refractivity contribution in [3.8, 4) is 0 Å². The molecule has 13 heteroatoms. The number of anilines is 2. The van der Waals surface area contributed by atoms with Gasteiger partial charge in [0.15, 0.2) is 0 Å². The molecule has 1 aliphatic rings. The lowest BCUT2D eigenvalue weighted by Gasteiger charge is -2.35. The normalized spacial score (nSPS) is 13.7. The van der Waals surface area contributed by atoms with Crippen molar-refractivity contribution in [2.45, 2.75) is 6.92 Å². The Kier molecular flexibility index (Phi) is 6.07. The Bertz CT molecular complexity index is 1480. The molecule has 3 aromatic rings. The lowest BCUT2D eigenvalue weighted by Crippen LogP contribution is -2.48. The van der Waals surface area contributed by atoms with Crippen LogP contribution in [0, 0.1) is 10.1 Å². The number of nitrogens with zero attached hydrogens (tertiary/aromatic N) is 6. The molecule has 0 spiro atoms. The van der Waals surface area contributed by atoms with Crippen molar-refractivity contribution in [2.24, 2.45) is 14.1 Å². The van der Waals surface area contributed by atoms with Gasteiger partial charge in [-0.2, -0.15) is 0 Å². The number of rotatable bonds is 4. The number of amides is 2. The number of fused-ring (bicyclic) bond motifs is 1. The molecule has 4 rings (SSSR count). The zero-order chi connectivity index (χ0) is 25.4. The Hall–Kier alpha value is -4.55. The van der Waals surface area contributed by atoms with Crippen LogP contribution in [0.5, 0.6) is 0 Å². The second kappa shape index (κ2) is 9.00. The van der Waals surface area contributed by atoms with Crippen molar-refractivity contribution in [2.75, 3.05) is 36.4 Å². The lowest BCUT2D eigenvalue weighted by atomic mass is 10.1. The van der Waals surface area contributed by atoms with E-state index in [1.165, 1.54) is 56.0 Å². The summed E-state index contributed by atoms with van der Waals surface area (Å²) in [6.07, 6.45) is 1.30. The van der Waals surface area contributed by atoms with E-state index in [4.69, 9.17) is 0 Å². The highest BCUT2D eigenvalue weighted by Crippen LogP contribution is 2.30. The maximum atomic E-state index is 12.8. The predicted octanol–water partition coefficient (Wildman–Crippen LogP) is 0.461. The van der Waals surface area contributed by atoms with Crippen LogP contribution < -0.4 is 21.5 Å². The summed E-state index contributed by atoms with van der Waals surface area (Å²) in [5, 5.41) is 14.5. The Morgan fingerprint density at radius 2 is 1.74 bits per heavy atom. The summed E-state index contributed by atoms with van der Waals surface area (Å²) in [4.78, 5) is 67.7. The average molecular weight is 481 g/mol. The van der Waals surface area contributed by atoms with Crippen molar-refractivity contribution < 1.29 is 14.5 Å². The van der Waals surface area contributed by atoms with Gasteiger partial charge in [0.25, 0.3) is 17.2 Å². The zero-order valence-electron chi connectivity index (χ0n) is 19.3. The van der Waals surface area contributed by atoms with Gasteiger partial charge < -0.3 is 15.1 Å². The van der Waals surface area contributed by atoms with Crippen LogP contribution in [0.25, 0.3) is 11.0 Å². The number of nitro groups is 1. The summed E-state index contributed by atoms with van der Waals surface area (Å²) in [5.74, 6) is -0.668. The third kappa shape index (κ3) is 4.35. The van der Waals surface area contributed by atoms with Crippen molar-refractivity contribution in [3.05, 3.63) is 67.0 Å². The quantitative estimate of drug-likeness (QED) is 0.417. The van der Waals surface area contributed by atoms with Crippen LogP contribution in [-0.4, -0.2) is 61.9 Å². The molecule has 1 aromatic carbocycles. The molecule has 0 atom stereocenters. The van der Waals surface area contributed by atoms with Gasteiger partial charge in [-0.25, -0.2) is 9.78 Å². The van der Waals surface area contributed by atoms with Gasteiger partial charge in [-0.15, -0.1) is 0 Å². The largest absolute Gasteiger partial charge is 0.362 e. The van der Waals surface area contributed by atoms with Gasteiger partial charge in [-0.05, 0) is 18.2 Å². The van der Waals surface area contributed by atoms with Gasteiger partial charge in [0, 0.05) is 58.8 Å². The maximum absolute atomic E-state index is 12.8. The second-order valence-corrected chi connectivity index (χ2v) is 8.21. The minimum atomic E-state index is -0.621. The van der Waals surface area contributed by atoms with Gasteiger partial charge in [-0.3, -0.25) is 33.6 Å². The van der Waals surface area contributed by atoms with Crippen molar-refractivity contribution >= 4 is 39.9 Å². The summed E-state index contributed by atoms with van der Waals surface area (Å²) < 4.78 is 2.16. The molecule has 3 heterocycles. The number of benzene rings is 1.